The monoisotopic (exact) mass is 638 g/mol. The van der Waals surface area contributed by atoms with E-state index >= 15 is 0 Å². The van der Waals surface area contributed by atoms with E-state index in [1.807, 2.05) is 45.0 Å². The molecule has 1 unspecified atom stereocenters. The molecule has 3 aromatic rings. The highest BCUT2D eigenvalue weighted by atomic mass is 32.2. The lowest BCUT2D eigenvalue weighted by atomic mass is 9.82. The Morgan fingerprint density at radius 2 is 1.76 bits per heavy atom. The van der Waals surface area contributed by atoms with Crippen molar-refractivity contribution in [2.45, 2.75) is 89.2 Å². The van der Waals surface area contributed by atoms with Gasteiger partial charge in [-0.05, 0) is 95.2 Å². The molecule has 2 aliphatic rings. The molecule has 0 spiro atoms. The minimum Gasteiger partial charge on any atom is -0.458 e. The van der Waals surface area contributed by atoms with Gasteiger partial charge in [0.2, 0.25) is 0 Å². The van der Waals surface area contributed by atoms with Gasteiger partial charge in [0, 0.05) is 30.0 Å². The molecule has 1 saturated heterocycles. The molecule has 1 aliphatic carbocycles. The highest BCUT2D eigenvalue weighted by Gasteiger charge is 2.27. The molecule has 1 aromatic heterocycles. The third-order valence-corrected chi connectivity index (χ3v) is 9.28. The number of thioether (sulfide) groups is 1. The SMILES string of the molecule is CC(C)(C)OC(=O)COC[C@H]1CC[C@H](Cn2nc(-c3ccccc3)c(-c3cccc(F)c3)c2SCCOC2CCCCO2)CC1. The van der Waals surface area contributed by atoms with Gasteiger partial charge in [-0.3, -0.25) is 4.68 Å². The van der Waals surface area contributed by atoms with E-state index in [-0.39, 0.29) is 24.7 Å². The molecule has 2 heterocycles. The first-order valence-corrected chi connectivity index (χ1v) is 17.3. The Morgan fingerprint density at radius 1 is 1.00 bits per heavy atom. The second-order valence-electron chi connectivity index (χ2n) is 13.1. The van der Waals surface area contributed by atoms with Gasteiger partial charge in [0.15, 0.2) is 6.29 Å². The molecule has 9 heteroatoms. The Bertz CT molecular complexity index is 1360. The van der Waals surface area contributed by atoms with E-state index < -0.39 is 5.60 Å². The number of rotatable bonds is 13. The predicted octanol–water partition coefficient (Wildman–Crippen LogP) is 8.16. The average molecular weight is 639 g/mol. The zero-order chi connectivity index (χ0) is 31.6. The van der Waals surface area contributed by atoms with Gasteiger partial charge in [-0.25, -0.2) is 9.18 Å². The van der Waals surface area contributed by atoms with Crippen molar-refractivity contribution in [2.75, 3.05) is 32.2 Å². The Kier molecular flexibility index (Phi) is 12.1. The number of aromatic nitrogens is 2. The first-order chi connectivity index (χ1) is 21.7. The topological polar surface area (TPSA) is 71.8 Å². The van der Waals surface area contributed by atoms with Crippen molar-refractivity contribution in [2.24, 2.45) is 11.8 Å². The summed E-state index contributed by atoms with van der Waals surface area (Å²) in [6, 6.07) is 17.0. The lowest BCUT2D eigenvalue weighted by Gasteiger charge is -2.29. The van der Waals surface area contributed by atoms with Crippen molar-refractivity contribution < 1.29 is 28.1 Å². The second-order valence-corrected chi connectivity index (χ2v) is 14.2. The molecule has 7 nitrogen and oxygen atoms in total. The summed E-state index contributed by atoms with van der Waals surface area (Å²) in [5.74, 6) is 1.04. The number of carbonyl (C=O) groups is 1. The van der Waals surface area contributed by atoms with E-state index in [1.54, 1.807) is 23.9 Å². The van der Waals surface area contributed by atoms with Crippen LogP contribution in [-0.2, 0) is 30.3 Å². The van der Waals surface area contributed by atoms with Gasteiger partial charge in [-0.15, -0.1) is 11.8 Å². The summed E-state index contributed by atoms with van der Waals surface area (Å²) in [6.07, 6.45) is 7.23. The molecule has 1 saturated carbocycles. The lowest BCUT2D eigenvalue weighted by molar-refractivity contribution is -0.160. The number of nitrogens with zero attached hydrogens (tertiary/aromatic N) is 2. The van der Waals surface area contributed by atoms with Crippen LogP contribution in [0, 0.1) is 17.7 Å². The molecule has 0 N–H and O–H groups in total. The maximum atomic E-state index is 14.5. The van der Waals surface area contributed by atoms with E-state index in [4.69, 9.17) is 24.0 Å². The summed E-state index contributed by atoms with van der Waals surface area (Å²) in [7, 11) is 0. The highest BCUT2D eigenvalue weighted by molar-refractivity contribution is 7.99. The average Bonchev–Trinajstić information content (AvgIpc) is 3.38. The fraction of sp³-hybridized carbons (Fsp3) is 0.556. The van der Waals surface area contributed by atoms with Gasteiger partial charge < -0.3 is 18.9 Å². The Hall–Kier alpha value is -2.72. The van der Waals surface area contributed by atoms with Gasteiger partial charge in [-0.2, -0.15) is 5.10 Å². The molecular formula is C36H47FN2O5S. The van der Waals surface area contributed by atoms with Crippen LogP contribution in [0.2, 0.25) is 0 Å². The molecule has 244 valence electrons. The number of carbonyl (C=O) groups excluding carboxylic acids is 1. The quantitative estimate of drug-likeness (QED) is 0.106. The van der Waals surface area contributed by atoms with Crippen LogP contribution in [0.3, 0.4) is 0 Å². The van der Waals surface area contributed by atoms with Crippen molar-refractivity contribution in [3.8, 4) is 22.4 Å². The van der Waals surface area contributed by atoms with Gasteiger partial charge in [0.05, 0.1) is 13.2 Å². The fourth-order valence-corrected chi connectivity index (χ4v) is 7.08. The van der Waals surface area contributed by atoms with Gasteiger partial charge >= 0.3 is 5.97 Å². The summed E-state index contributed by atoms with van der Waals surface area (Å²) in [5.41, 5.74) is 3.15. The van der Waals surface area contributed by atoms with Crippen LogP contribution < -0.4 is 0 Å². The highest BCUT2D eigenvalue weighted by Crippen LogP contribution is 2.41. The van der Waals surface area contributed by atoms with E-state index in [2.05, 4.69) is 16.8 Å². The zero-order valence-electron chi connectivity index (χ0n) is 26.8. The minimum absolute atomic E-state index is 0.00717. The Labute approximate surface area is 271 Å². The standard InChI is InChI=1S/C36H47FN2O5S/c1-36(2,3)44-31(40)25-41-24-27-17-15-26(16-18-27)23-39-35(45-21-20-43-32-14-7-8-19-42-32)33(29-12-9-13-30(37)22-29)34(38-39)28-10-5-4-6-11-28/h4-6,9-13,22,26-27,32H,7-8,14-21,23-25H2,1-3H3/t26-,27-,32?. The summed E-state index contributed by atoms with van der Waals surface area (Å²) in [4.78, 5) is 12.0. The smallest absolute Gasteiger partial charge is 0.332 e. The molecule has 45 heavy (non-hydrogen) atoms. The zero-order valence-corrected chi connectivity index (χ0v) is 27.7. The van der Waals surface area contributed by atoms with Crippen molar-refractivity contribution in [1.29, 1.82) is 0 Å². The second kappa shape index (κ2) is 16.2. The van der Waals surface area contributed by atoms with Gasteiger partial charge in [0.1, 0.15) is 28.7 Å². The number of hydrogen-bond donors (Lipinski definition) is 0. The fourth-order valence-electron chi connectivity index (χ4n) is 6.08. The first-order valence-electron chi connectivity index (χ1n) is 16.3. The minimum atomic E-state index is -0.506. The number of ether oxygens (including phenoxy) is 4. The van der Waals surface area contributed by atoms with Crippen LogP contribution in [0.5, 0.6) is 0 Å². The maximum absolute atomic E-state index is 14.5. The van der Waals surface area contributed by atoms with Gasteiger partial charge in [-0.1, -0.05) is 42.5 Å². The third-order valence-electron chi connectivity index (χ3n) is 8.22. The molecule has 0 radical (unpaired) electrons. The normalized spacial score (nSPS) is 20.7. The van der Waals surface area contributed by atoms with Crippen LogP contribution in [0.25, 0.3) is 22.4 Å². The maximum Gasteiger partial charge on any atom is 0.332 e. The molecule has 2 aromatic carbocycles. The van der Waals surface area contributed by atoms with E-state index in [0.29, 0.717) is 25.0 Å². The van der Waals surface area contributed by atoms with Crippen molar-refractivity contribution in [1.82, 2.24) is 9.78 Å². The van der Waals surface area contributed by atoms with E-state index in [0.717, 1.165) is 91.3 Å². The molecule has 1 atom stereocenters. The molecule has 2 fully saturated rings. The summed E-state index contributed by atoms with van der Waals surface area (Å²) in [6.45, 7) is 8.26. The van der Waals surface area contributed by atoms with Crippen molar-refractivity contribution in [3.63, 3.8) is 0 Å². The number of hydrogen-bond acceptors (Lipinski definition) is 7. The predicted molar refractivity (Wildman–Crippen MR) is 175 cm³/mol. The lowest BCUT2D eigenvalue weighted by Crippen LogP contribution is -2.28. The summed E-state index contributed by atoms with van der Waals surface area (Å²) < 4.78 is 39.6. The number of halogens is 1. The molecule has 0 bridgehead atoms. The third kappa shape index (κ3) is 10.1. The van der Waals surface area contributed by atoms with Crippen LogP contribution >= 0.6 is 11.8 Å². The molecule has 0 amide bonds. The van der Waals surface area contributed by atoms with E-state index in [1.165, 1.54) is 6.07 Å². The van der Waals surface area contributed by atoms with Crippen LogP contribution in [0.4, 0.5) is 4.39 Å². The molecule has 1 aliphatic heterocycles. The number of esters is 1. The van der Waals surface area contributed by atoms with Gasteiger partial charge in [0.25, 0.3) is 0 Å². The number of benzene rings is 2. The Morgan fingerprint density at radius 3 is 2.47 bits per heavy atom. The van der Waals surface area contributed by atoms with E-state index in [9.17, 15) is 9.18 Å². The first kappa shape index (κ1) is 33.6. The largest absolute Gasteiger partial charge is 0.458 e. The molecule has 5 rings (SSSR count). The summed E-state index contributed by atoms with van der Waals surface area (Å²) in [5, 5.41) is 6.24. The summed E-state index contributed by atoms with van der Waals surface area (Å²) >= 11 is 1.72. The molecular weight excluding hydrogens is 591 g/mol. The van der Waals surface area contributed by atoms with Crippen molar-refractivity contribution >= 4 is 17.7 Å². The van der Waals surface area contributed by atoms with Crippen LogP contribution in [0.1, 0.15) is 65.7 Å². The van der Waals surface area contributed by atoms with Crippen LogP contribution in [-0.4, -0.2) is 59.8 Å². The Balaban J connectivity index is 1.29. The van der Waals surface area contributed by atoms with Crippen LogP contribution in [0.15, 0.2) is 59.6 Å². The van der Waals surface area contributed by atoms with Crippen molar-refractivity contribution in [3.05, 3.63) is 60.4 Å².